The van der Waals surface area contributed by atoms with Gasteiger partial charge in [0.1, 0.15) is 0 Å². The molecule has 1 aliphatic heterocycles. The van der Waals surface area contributed by atoms with Crippen LogP contribution in [-0.4, -0.2) is 5.78 Å². The summed E-state index contributed by atoms with van der Waals surface area (Å²) in [5, 5.41) is 0. The SMILES string of the molecule is CCCCC(=O)c1cccc(-c2ccc(N3c4ccccc4Oc4ccccc43)cc2)c1. The van der Waals surface area contributed by atoms with Crippen molar-refractivity contribution in [2.45, 2.75) is 26.2 Å². The molecule has 0 saturated carbocycles. The van der Waals surface area contributed by atoms with Gasteiger partial charge >= 0.3 is 0 Å². The highest BCUT2D eigenvalue weighted by Crippen LogP contribution is 2.50. The Labute approximate surface area is 188 Å². The van der Waals surface area contributed by atoms with Gasteiger partial charge in [-0.2, -0.15) is 0 Å². The topological polar surface area (TPSA) is 29.5 Å². The Morgan fingerprint density at radius 2 is 1.41 bits per heavy atom. The third kappa shape index (κ3) is 3.78. The van der Waals surface area contributed by atoms with Gasteiger partial charge in [-0.3, -0.25) is 4.79 Å². The molecule has 4 aromatic carbocycles. The van der Waals surface area contributed by atoms with E-state index >= 15 is 0 Å². The molecule has 32 heavy (non-hydrogen) atoms. The van der Waals surface area contributed by atoms with Crippen LogP contribution < -0.4 is 9.64 Å². The van der Waals surface area contributed by atoms with Gasteiger partial charge in [0.25, 0.3) is 0 Å². The second-order valence-corrected chi connectivity index (χ2v) is 8.03. The molecular formula is C29H25NO2. The van der Waals surface area contributed by atoms with E-state index in [2.05, 4.69) is 54.3 Å². The molecule has 5 rings (SSSR count). The first-order valence-corrected chi connectivity index (χ1v) is 11.1. The number of unbranched alkanes of at least 4 members (excludes halogenated alkanes) is 1. The van der Waals surface area contributed by atoms with Crippen molar-refractivity contribution in [2.75, 3.05) is 4.90 Å². The maximum atomic E-state index is 12.5. The van der Waals surface area contributed by atoms with Gasteiger partial charge in [0.05, 0.1) is 11.4 Å². The molecule has 0 saturated heterocycles. The van der Waals surface area contributed by atoms with Crippen molar-refractivity contribution in [3.63, 3.8) is 0 Å². The van der Waals surface area contributed by atoms with Crippen molar-refractivity contribution in [3.05, 3.63) is 103 Å². The van der Waals surface area contributed by atoms with E-state index in [0.29, 0.717) is 6.42 Å². The number of Topliss-reactive ketones (excluding diaryl/α,β-unsaturated/α-hetero) is 1. The number of rotatable bonds is 6. The zero-order chi connectivity index (χ0) is 21.9. The third-order valence-electron chi connectivity index (χ3n) is 5.83. The Hall–Kier alpha value is -3.85. The number of carbonyl (C=O) groups excluding carboxylic acids is 1. The lowest BCUT2D eigenvalue weighted by Gasteiger charge is -2.32. The molecule has 3 heteroatoms. The maximum Gasteiger partial charge on any atom is 0.162 e. The van der Waals surface area contributed by atoms with Crippen molar-refractivity contribution in [3.8, 4) is 22.6 Å². The predicted molar refractivity (Wildman–Crippen MR) is 130 cm³/mol. The minimum atomic E-state index is 0.215. The van der Waals surface area contributed by atoms with Crippen LogP contribution in [-0.2, 0) is 0 Å². The van der Waals surface area contributed by atoms with Gasteiger partial charge in [0, 0.05) is 17.7 Å². The average Bonchev–Trinajstić information content (AvgIpc) is 2.86. The fourth-order valence-electron chi connectivity index (χ4n) is 4.14. The fraction of sp³-hybridized carbons (Fsp3) is 0.138. The summed E-state index contributed by atoms with van der Waals surface area (Å²) in [6, 6.07) is 32.6. The van der Waals surface area contributed by atoms with Crippen molar-refractivity contribution >= 4 is 22.8 Å². The minimum absolute atomic E-state index is 0.215. The van der Waals surface area contributed by atoms with E-state index in [-0.39, 0.29) is 5.78 Å². The first-order chi connectivity index (χ1) is 15.7. The molecule has 0 radical (unpaired) electrons. The monoisotopic (exact) mass is 419 g/mol. The molecule has 0 fully saturated rings. The Bertz CT molecular complexity index is 1210. The van der Waals surface area contributed by atoms with Gasteiger partial charge in [0.2, 0.25) is 0 Å². The van der Waals surface area contributed by atoms with Gasteiger partial charge in [-0.05, 0) is 60.0 Å². The number of para-hydroxylation sites is 4. The average molecular weight is 420 g/mol. The molecule has 0 atom stereocenters. The Morgan fingerprint density at radius 3 is 2.06 bits per heavy atom. The number of carbonyl (C=O) groups is 1. The number of anilines is 3. The summed E-state index contributed by atoms with van der Waals surface area (Å²) in [7, 11) is 0. The summed E-state index contributed by atoms with van der Waals surface area (Å²) < 4.78 is 6.11. The van der Waals surface area contributed by atoms with Gasteiger partial charge in [-0.15, -0.1) is 0 Å². The lowest BCUT2D eigenvalue weighted by Crippen LogP contribution is -2.15. The summed E-state index contributed by atoms with van der Waals surface area (Å²) in [6.45, 7) is 2.11. The quantitative estimate of drug-likeness (QED) is 0.259. The van der Waals surface area contributed by atoms with Crippen LogP contribution in [0.15, 0.2) is 97.1 Å². The Balaban J connectivity index is 1.49. The highest BCUT2D eigenvalue weighted by Gasteiger charge is 2.25. The second kappa shape index (κ2) is 8.72. The van der Waals surface area contributed by atoms with Crippen LogP contribution in [0, 0.1) is 0 Å². The van der Waals surface area contributed by atoms with Crippen LogP contribution in [0.2, 0.25) is 0 Å². The number of ketones is 1. The van der Waals surface area contributed by atoms with Crippen LogP contribution >= 0.6 is 0 Å². The summed E-state index contributed by atoms with van der Waals surface area (Å²) in [5.41, 5.74) is 6.03. The molecule has 158 valence electrons. The van der Waals surface area contributed by atoms with Gasteiger partial charge in [-0.25, -0.2) is 0 Å². The summed E-state index contributed by atoms with van der Waals surface area (Å²) >= 11 is 0. The number of hydrogen-bond acceptors (Lipinski definition) is 3. The summed E-state index contributed by atoms with van der Waals surface area (Å²) in [4.78, 5) is 14.7. The second-order valence-electron chi connectivity index (χ2n) is 8.03. The summed E-state index contributed by atoms with van der Waals surface area (Å²) in [6.07, 6.45) is 2.57. The molecule has 1 aliphatic rings. The van der Waals surface area contributed by atoms with Crippen molar-refractivity contribution in [1.82, 2.24) is 0 Å². The van der Waals surface area contributed by atoms with E-state index in [0.717, 1.165) is 58.1 Å². The maximum absolute atomic E-state index is 12.5. The van der Waals surface area contributed by atoms with Gasteiger partial charge in [0.15, 0.2) is 17.3 Å². The minimum Gasteiger partial charge on any atom is -0.453 e. The van der Waals surface area contributed by atoms with E-state index in [4.69, 9.17) is 4.74 Å². The van der Waals surface area contributed by atoms with E-state index < -0.39 is 0 Å². The molecule has 0 aliphatic carbocycles. The molecule has 0 amide bonds. The smallest absolute Gasteiger partial charge is 0.162 e. The third-order valence-corrected chi connectivity index (χ3v) is 5.83. The predicted octanol–water partition coefficient (Wildman–Crippen LogP) is 8.30. The van der Waals surface area contributed by atoms with Crippen LogP contribution in [0.4, 0.5) is 17.1 Å². The first-order valence-electron chi connectivity index (χ1n) is 11.1. The van der Waals surface area contributed by atoms with Crippen LogP contribution in [0.1, 0.15) is 36.5 Å². The number of benzene rings is 4. The van der Waals surface area contributed by atoms with Crippen molar-refractivity contribution in [1.29, 1.82) is 0 Å². The van der Waals surface area contributed by atoms with Gasteiger partial charge in [-0.1, -0.05) is 67.9 Å². The number of fused-ring (bicyclic) bond motifs is 2. The first kappa shape index (κ1) is 20.1. The lowest BCUT2D eigenvalue weighted by atomic mass is 9.99. The molecule has 0 spiro atoms. The number of hydrogen-bond donors (Lipinski definition) is 0. The zero-order valence-corrected chi connectivity index (χ0v) is 18.1. The van der Waals surface area contributed by atoms with Crippen molar-refractivity contribution < 1.29 is 9.53 Å². The van der Waals surface area contributed by atoms with Crippen LogP contribution in [0.25, 0.3) is 11.1 Å². The molecule has 3 nitrogen and oxygen atoms in total. The van der Waals surface area contributed by atoms with E-state index in [1.807, 2.05) is 54.6 Å². The molecule has 1 heterocycles. The summed E-state index contributed by atoms with van der Waals surface area (Å²) in [5.74, 6) is 1.90. The van der Waals surface area contributed by atoms with Crippen molar-refractivity contribution in [2.24, 2.45) is 0 Å². The highest BCUT2D eigenvalue weighted by atomic mass is 16.5. The number of ether oxygens (including phenoxy) is 1. The number of nitrogens with zero attached hydrogens (tertiary/aromatic N) is 1. The highest BCUT2D eigenvalue weighted by molar-refractivity contribution is 5.97. The molecule has 0 aromatic heterocycles. The van der Waals surface area contributed by atoms with E-state index in [9.17, 15) is 4.79 Å². The van der Waals surface area contributed by atoms with Gasteiger partial charge < -0.3 is 9.64 Å². The largest absolute Gasteiger partial charge is 0.453 e. The Kier molecular flexibility index (Phi) is 5.47. The normalized spacial score (nSPS) is 12.0. The molecule has 0 unspecified atom stereocenters. The Morgan fingerprint density at radius 1 is 0.750 bits per heavy atom. The zero-order valence-electron chi connectivity index (χ0n) is 18.1. The van der Waals surface area contributed by atoms with Crippen LogP contribution in [0.3, 0.4) is 0 Å². The molecular weight excluding hydrogens is 394 g/mol. The molecule has 4 aromatic rings. The molecule has 0 N–H and O–H groups in total. The van der Waals surface area contributed by atoms with E-state index in [1.54, 1.807) is 0 Å². The lowest BCUT2D eigenvalue weighted by molar-refractivity contribution is 0.0980. The standard InChI is InChI=1S/C29H25NO2/c1-2-3-13-27(31)23-10-8-9-22(20-23)21-16-18-24(19-17-21)30-25-11-4-6-14-28(25)32-29-15-7-5-12-26(29)30/h4-12,14-20H,2-3,13H2,1H3. The molecule has 0 bridgehead atoms. The van der Waals surface area contributed by atoms with Crippen LogP contribution in [0.5, 0.6) is 11.5 Å². The fourth-order valence-corrected chi connectivity index (χ4v) is 4.14. The van der Waals surface area contributed by atoms with E-state index in [1.165, 1.54) is 0 Å².